The van der Waals surface area contributed by atoms with E-state index in [9.17, 15) is 14.0 Å². The molecule has 0 aliphatic rings. The van der Waals surface area contributed by atoms with E-state index in [2.05, 4.69) is 15.5 Å². The lowest BCUT2D eigenvalue weighted by Crippen LogP contribution is -2.49. The number of hydrogen-bond acceptors (Lipinski definition) is 4. The molecule has 2 N–H and O–H groups in total. The second-order valence-electron chi connectivity index (χ2n) is 8.04. The molecule has 162 valence electrons. The van der Waals surface area contributed by atoms with Gasteiger partial charge in [0.25, 0.3) is 5.91 Å². The third-order valence-electron chi connectivity index (χ3n) is 4.49. The van der Waals surface area contributed by atoms with Gasteiger partial charge in [0.1, 0.15) is 23.3 Å². The number of halogens is 1. The fourth-order valence-corrected chi connectivity index (χ4v) is 3.13. The highest BCUT2D eigenvalue weighted by molar-refractivity contribution is 6.09. The lowest BCUT2D eigenvalue weighted by atomic mass is 10.0. The molecule has 7 nitrogen and oxygen atoms in total. The summed E-state index contributed by atoms with van der Waals surface area (Å²) in [5.41, 5.74) is 0.606. The molecule has 0 aliphatic heterocycles. The number of hydrogen-bond donors (Lipinski definition) is 2. The van der Waals surface area contributed by atoms with Gasteiger partial charge in [0.2, 0.25) is 5.91 Å². The average Bonchev–Trinajstić information content (AvgIpc) is 3.26. The van der Waals surface area contributed by atoms with Crippen LogP contribution in [0, 0.1) is 5.82 Å². The monoisotopic (exact) mass is 424 g/mol. The van der Waals surface area contributed by atoms with E-state index in [1.807, 2.05) is 20.8 Å². The van der Waals surface area contributed by atoms with Crippen molar-refractivity contribution < 1.29 is 18.7 Å². The van der Waals surface area contributed by atoms with Crippen molar-refractivity contribution in [3.63, 3.8) is 0 Å². The minimum atomic E-state index is -1.05. The normalized spacial score (nSPS) is 12.2. The minimum Gasteiger partial charge on any atom is -0.497 e. The van der Waals surface area contributed by atoms with Crippen LogP contribution in [0.4, 0.5) is 10.1 Å². The van der Waals surface area contributed by atoms with Crippen molar-refractivity contribution in [3.05, 3.63) is 77.9 Å². The van der Waals surface area contributed by atoms with E-state index in [1.54, 1.807) is 31.4 Å². The quantitative estimate of drug-likeness (QED) is 0.629. The SMILES string of the molecule is COc1ccc(N(C(=O)c2ccn[nH]2)[C@@H](C(=O)NC(C)(C)C)c2ccc(F)cc2)cc1. The Labute approximate surface area is 180 Å². The summed E-state index contributed by atoms with van der Waals surface area (Å²) in [5.74, 6) is -0.686. The summed E-state index contributed by atoms with van der Waals surface area (Å²) >= 11 is 0. The van der Waals surface area contributed by atoms with Gasteiger partial charge in [0, 0.05) is 17.4 Å². The number of anilines is 1. The Morgan fingerprint density at radius 1 is 1.06 bits per heavy atom. The highest BCUT2D eigenvalue weighted by Crippen LogP contribution is 2.31. The number of benzene rings is 2. The van der Waals surface area contributed by atoms with E-state index in [0.29, 0.717) is 17.0 Å². The molecule has 0 radical (unpaired) electrons. The molecule has 2 amide bonds. The van der Waals surface area contributed by atoms with E-state index in [0.717, 1.165) is 0 Å². The Hall–Kier alpha value is -3.68. The number of amides is 2. The molecule has 1 aromatic heterocycles. The van der Waals surface area contributed by atoms with Crippen molar-refractivity contribution in [2.75, 3.05) is 12.0 Å². The van der Waals surface area contributed by atoms with E-state index in [4.69, 9.17) is 4.74 Å². The first kappa shape index (κ1) is 22.0. The van der Waals surface area contributed by atoms with Gasteiger partial charge in [-0.15, -0.1) is 0 Å². The maximum absolute atomic E-state index is 13.6. The second-order valence-corrected chi connectivity index (χ2v) is 8.04. The maximum Gasteiger partial charge on any atom is 0.277 e. The van der Waals surface area contributed by atoms with Crippen LogP contribution in [0.2, 0.25) is 0 Å². The number of aromatic nitrogens is 2. The Morgan fingerprint density at radius 2 is 1.71 bits per heavy atom. The lowest BCUT2D eigenvalue weighted by molar-refractivity contribution is -0.123. The molecule has 31 heavy (non-hydrogen) atoms. The highest BCUT2D eigenvalue weighted by atomic mass is 19.1. The van der Waals surface area contributed by atoms with Crippen LogP contribution in [0.3, 0.4) is 0 Å². The largest absolute Gasteiger partial charge is 0.497 e. The number of H-pyrrole nitrogens is 1. The van der Waals surface area contributed by atoms with Crippen LogP contribution in [0.15, 0.2) is 60.8 Å². The van der Waals surface area contributed by atoms with Crippen LogP contribution in [-0.2, 0) is 4.79 Å². The van der Waals surface area contributed by atoms with Gasteiger partial charge in [-0.2, -0.15) is 5.10 Å². The molecule has 0 bridgehead atoms. The summed E-state index contributed by atoms with van der Waals surface area (Å²) in [4.78, 5) is 28.3. The number of aromatic amines is 1. The first-order valence-electron chi connectivity index (χ1n) is 9.74. The number of nitrogens with one attached hydrogen (secondary N) is 2. The van der Waals surface area contributed by atoms with Crippen molar-refractivity contribution >= 4 is 17.5 Å². The zero-order valence-corrected chi connectivity index (χ0v) is 17.8. The van der Waals surface area contributed by atoms with Crippen molar-refractivity contribution in [1.82, 2.24) is 15.5 Å². The van der Waals surface area contributed by atoms with E-state index < -0.39 is 29.2 Å². The van der Waals surface area contributed by atoms with Gasteiger partial charge in [-0.25, -0.2) is 4.39 Å². The Morgan fingerprint density at radius 3 is 2.23 bits per heavy atom. The Bertz CT molecular complexity index is 1030. The molecule has 1 heterocycles. The van der Waals surface area contributed by atoms with Crippen LogP contribution in [-0.4, -0.2) is 34.7 Å². The molecular weight excluding hydrogens is 399 g/mol. The van der Waals surface area contributed by atoms with E-state index in [-0.39, 0.29) is 5.69 Å². The van der Waals surface area contributed by atoms with Crippen LogP contribution >= 0.6 is 0 Å². The molecule has 1 atom stereocenters. The maximum atomic E-state index is 13.6. The zero-order valence-electron chi connectivity index (χ0n) is 17.8. The third kappa shape index (κ3) is 5.28. The van der Waals surface area contributed by atoms with E-state index in [1.165, 1.54) is 41.4 Å². The van der Waals surface area contributed by atoms with Crippen LogP contribution < -0.4 is 15.0 Å². The van der Waals surface area contributed by atoms with Gasteiger partial charge in [0.05, 0.1) is 7.11 Å². The highest BCUT2D eigenvalue weighted by Gasteiger charge is 2.35. The van der Waals surface area contributed by atoms with Gasteiger partial charge < -0.3 is 10.1 Å². The second kappa shape index (κ2) is 8.99. The number of nitrogens with zero attached hydrogens (tertiary/aromatic N) is 2. The number of ether oxygens (including phenoxy) is 1. The summed E-state index contributed by atoms with van der Waals surface area (Å²) < 4.78 is 18.8. The fraction of sp³-hybridized carbons (Fsp3) is 0.261. The molecule has 0 saturated carbocycles. The molecule has 0 fully saturated rings. The Balaban J connectivity index is 2.16. The summed E-state index contributed by atoms with van der Waals surface area (Å²) in [7, 11) is 1.54. The molecule has 0 saturated heterocycles. The Kier molecular flexibility index (Phi) is 6.39. The third-order valence-corrected chi connectivity index (χ3v) is 4.49. The summed E-state index contributed by atoms with van der Waals surface area (Å²) in [6.07, 6.45) is 1.46. The molecule has 0 aliphatic carbocycles. The first-order valence-corrected chi connectivity index (χ1v) is 9.74. The van der Waals surface area contributed by atoms with Crippen LogP contribution in [0.1, 0.15) is 42.9 Å². The lowest BCUT2D eigenvalue weighted by Gasteiger charge is -2.33. The average molecular weight is 424 g/mol. The van der Waals surface area contributed by atoms with Crippen molar-refractivity contribution in [2.45, 2.75) is 32.4 Å². The number of rotatable bonds is 6. The molecule has 3 rings (SSSR count). The van der Waals surface area contributed by atoms with Crippen LogP contribution in [0.5, 0.6) is 5.75 Å². The molecular formula is C23H25FN4O3. The number of carbonyl (C=O) groups is 2. The van der Waals surface area contributed by atoms with Gasteiger partial charge in [-0.3, -0.25) is 19.6 Å². The molecule has 0 spiro atoms. The van der Waals surface area contributed by atoms with E-state index >= 15 is 0 Å². The van der Waals surface area contributed by atoms with Crippen molar-refractivity contribution in [1.29, 1.82) is 0 Å². The van der Waals surface area contributed by atoms with Gasteiger partial charge in [0.15, 0.2) is 0 Å². The zero-order chi connectivity index (χ0) is 22.6. The van der Waals surface area contributed by atoms with Gasteiger partial charge >= 0.3 is 0 Å². The predicted molar refractivity (Wildman–Crippen MR) is 115 cm³/mol. The van der Waals surface area contributed by atoms with Gasteiger partial charge in [-0.05, 0) is 68.8 Å². The summed E-state index contributed by atoms with van der Waals surface area (Å²) in [6.45, 7) is 5.54. The number of carbonyl (C=O) groups excluding carboxylic acids is 2. The molecule has 8 heteroatoms. The van der Waals surface area contributed by atoms with Gasteiger partial charge in [-0.1, -0.05) is 12.1 Å². The fourth-order valence-electron chi connectivity index (χ4n) is 3.13. The topological polar surface area (TPSA) is 87.3 Å². The molecule has 2 aromatic carbocycles. The van der Waals surface area contributed by atoms with Crippen molar-refractivity contribution in [2.24, 2.45) is 0 Å². The van der Waals surface area contributed by atoms with Crippen molar-refractivity contribution in [3.8, 4) is 5.75 Å². The van der Waals surface area contributed by atoms with Crippen LogP contribution in [0.25, 0.3) is 0 Å². The smallest absolute Gasteiger partial charge is 0.277 e. The first-order chi connectivity index (χ1) is 14.7. The standard InChI is InChI=1S/C23H25FN4O3/c1-23(2,3)26-21(29)20(15-5-7-16(24)8-6-15)28(22(30)19-13-14-25-27-19)17-9-11-18(31-4)12-10-17/h5-14,20H,1-4H3,(H,25,27)(H,26,29)/t20-/m1/s1. The number of methoxy groups -OCH3 is 1. The molecule has 3 aromatic rings. The molecule has 0 unspecified atom stereocenters. The summed E-state index contributed by atoms with van der Waals surface area (Å²) in [5, 5.41) is 9.43. The summed E-state index contributed by atoms with van der Waals surface area (Å²) in [6, 6.07) is 12.8. The predicted octanol–water partition coefficient (Wildman–Crippen LogP) is 3.86. The minimum absolute atomic E-state index is 0.214.